The van der Waals surface area contributed by atoms with Crippen LogP contribution in [0.1, 0.15) is 55.4 Å². The van der Waals surface area contributed by atoms with Crippen LogP contribution in [-0.2, 0) is 0 Å². The Morgan fingerprint density at radius 2 is 2.14 bits per heavy atom. The number of hydrogen-bond donors (Lipinski definition) is 0. The number of amides is 1. The summed E-state index contributed by atoms with van der Waals surface area (Å²) in [5.74, 6) is 1.03. The summed E-state index contributed by atoms with van der Waals surface area (Å²) in [7, 11) is 0. The van der Waals surface area contributed by atoms with Crippen molar-refractivity contribution in [1.82, 2.24) is 14.8 Å². The molecule has 1 aromatic heterocycles. The fraction of sp³-hybridized carbons (Fsp3) is 0.765. The van der Waals surface area contributed by atoms with Crippen LogP contribution in [0, 0.1) is 5.92 Å². The summed E-state index contributed by atoms with van der Waals surface area (Å²) < 4.78 is 0. The molecule has 3 aliphatic rings. The molecule has 0 bridgehead atoms. The summed E-state index contributed by atoms with van der Waals surface area (Å²) in [6.07, 6.45) is 9.36. The van der Waals surface area contributed by atoms with Crippen molar-refractivity contribution in [2.24, 2.45) is 5.92 Å². The van der Waals surface area contributed by atoms with E-state index in [-0.39, 0.29) is 11.4 Å². The lowest BCUT2D eigenvalue weighted by atomic mass is 9.94. The molecule has 0 aromatic carbocycles. The maximum Gasteiger partial charge on any atom is 0.273 e. The van der Waals surface area contributed by atoms with Gasteiger partial charge in [0.05, 0.1) is 5.51 Å². The van der Waals surface area contributed by atoms with Gasteiger partial charge >= 0.3 is 0 Å². The van der Waals surface area contributed by atoms with Crippen molar-refractivity contribution in [2.75, 3.05) is 26.2 Å². The number of nitrogens with zero attached hydrogens (tertiary/aromatic N) is 3. The molecule has 4 rings (SSSR count). The quantitative estimate of drug-likeness (QED) is 0.859. The maximum absolute atomic E-state index is 12.6. The van der Waals surface area contributed by atoms with Gasteiger partial charge in [-0.3, -0.25) is 9.69 Å². The molecular formula is C17H25N3OS. The standard InChI is InChI=1S/C17H25N3OS/c21-16(15-11-22-13-18-15)19-9-7-17(12-19)6-3-8-20(17)10-14-4-1-2-5-14/h11,13-14H,1-10,12H2/t17-/m1/s1. The molecule has 2 aliphatic heterocycles. The summed E-state index contributed by atoms with van der Waals surface area (Å²) in [5, 5.41) is 1.87. The van der Waals surface area contributed by atoms with Gasteiger partial charge in [-0.05, 0) is 44.6 Å². The largest absolute Gasteiger partial charge is 0.335 e. The van der Waals surface area contributed by atoms with Crippen molar-refractivity contribution < 1.29 is 4.79 Å². The van der Waals surface area contributed by atoms with E-state index in [0.717, 1.165) is 25.4 Å². The maximum atomic E-state index is 12.6. The van der Waals surface area contributed by atoms with Crippen LogP contribution >= 0.6 is 11.3 Å². The molecular weight excluding hydrogens is 294 g/mol. The van der Waals surface area contributed by atoms with E-state index in [9.17, 15) is 4.79 Å². The van der Waals surface area contributed by atoms with Gasteiger partial charge < -0.3 is 4.90 Å². The van der Waals surface area contributed by atoms with Gasteiger partial charge in [0.2, 0.25) is 0 Å². The van der Waals surface area contributed by atoms with Crippen LogP contribution in [0.2, 0.25) is 0 Å². The average molecular weight is 319 g/mol. The number of thiazole rings is 1. The topological polar surface area (TPSA) is 36.4 Å². The molecule has 4 nitrogen and oxygen atoms in total. The molecule has 3 heterocycles. The van der Waals surface area contributed by atoms with Crippen molar-refractivity contribution in [3.63, 3.8) is 0 Å². The van der Waals surface area contributed by atoms with Gasteiger partial charge in [0.25, 0.3) is 5.91 Å². The molecule has 0 N–H and O–H groups in total. The van der Waals surface area contributed by atoms with Gasteiger partial charge in [-0.25, -0.2) is 4.98 Å². The van der Waals surface area contributed by atoms with Crippen LogP contribution in [0.3, 0.4) is 0 Å². The van der Waals surface area contributed by atoms with Crippen molar-refractivity contribution in [3.05, 3.63) is 16.6 Å². The van der Waals surface area contributed by atoms with Crippen molar-refractivity contribution >= 4 is 17.2 Å². The van der Waals surface area contributed by atoms with Crippen molar-refractivity contribution in [2.45, 2.75) is 50.5 Å². The minimum absolute atomic E-state index is 0.130. The van der Waals surface area contributed by atoms with Crippen LogP contribution < -0.4 is 0 Å². The summed E-state index contributed by atoms with van der Waals surface area (Å²) >= 11 is 1.50. The zero-order valence-electron chi connectivity index (χ0n) is 13.2. The predicted molar refractivity (Wildman–Crippen MR) is 88.1 cm³/mol. The van der Waals surface area contributed by atoms with Crippen LogP contribution in [0.25, 0.3) is 0 Å². The first-order chi connectivity index (χ1) is 10.8. The van der Waals surface area contributed by atoms with E-state index in [0.29, 0.717) is 5.69 Å². The first kappa shape index (κ1) is 14.6. The van der Waals surface area contributed by atoms with Gasteiger partial charge in [-0.1, -0.05) is 12.8 Å². The molecule has 120 valence electrons. The third-order valence-corrected chi connectivity index (χ3v) is 6.55. The molecule has 1 aliphatic carbocycles. The number of rotatable bonds is 3. The molecule has 1 atom stereocenters. The SMILES string of the molecule is O=C(c1cscn1)N1CC[C@]2(CCCN2CC2CCCC2)C1. The Hall–Kier alpha value is -0.940. The highest BCUT2D eigenvalue weighted by Gasteiger charge is 2.47. The normalized spacial score (nSPS) is 29.9. The first-order valence-electron chi connectivity index (χ1n) is 8.69. The Morgan fingerprint density at radius 1 is 1.27 bits per heavy atom. The lowest BCUT2D eigenvalue weighted by Crippen LogP contribution is -2.48. The van der Waals surface area contributed by atoms with Crippen molar-refractivity contribution in [1.29, 1.82) is 0 Å². The second-order valence-corrected chi connectivity index (χ2v) is 7.99. The lowest BCUT2D eigenvalue weighted by Gasteiger charge is -2.36. The minimum Gasteiger partial charge on any atom is -0.335 e. The highest BCUT2D eigenvalue weighted by atomic mass is 32.1. The van der Waals surface area contributed by atoms with Crippen LogP contribution in [0.5, 0.6) is 0 Å². The average Bonchev–Trinajstić information content (AvgIpc) is 3.29. The number of likely N-dealkylation sites (tertiary alicyclic amines) is 2. The van der Waals surface area contributed by atoms with Crippen LogP contribution in [0.4, 0.5) is 0 Å². The third kappa shape index (κ3) is 2.58. The van der Waals surface area contributed by atoms with Gasteiger partial charge in [-0.2, -0.15) is 0 Å². The second kappa shape index (κ2) is 5.93. The summed E-state index contributed by atoms with van der Waals surface area (Å²) in [6.45, 7) is 4.31. The summed E-state index contributed by atoms with van der Waals surface area (Å²) in [5.41, 5.74) is 2.65. The fourth-order valence-corrected chi connectivity index (χ4v) is 5.28. The molecule has 1 spiro atoms. The van der Waals surface area contributed by atoms with E-state index in [1.165, 1.54) is 63.0 Å². The number of carbonyl (C=O) groups is 1. The van der Waals surface area contributed by atoms with Gasteiger partial charge in [0, 0.05) is 30.6 Å². The molecule has 0 radical (unpaired) electrons. The molecule has 5 heteroatoms. The predicted octanol–water partition coefficient (Wildman–Crippen LogP) is 3.01. The summed E-state index contributed by atoms with van der Waals surface area (Å²) in [4.78, 5) is 21.5. The Bertz CT molecular complexity index is 526. The number of aromatic nitrogens is 1. The van der Waals surface area contributed by atoms with Gasteiger partial charge in [0.1, 0.15) is 5.69 Å². The Kier molecular flexibility index (Phi) is 3.95. The fourth-order valence-electron chi connectivity index (χ4n) is 4.76. The molecule has 0 unspecified atom stereocenters. The van der Waals surface area contributed by atoms with Crippen molar-refractivity contribution in [3.8, 4) is 0 Å². The molecule has 3 fully saturated rings. The van der Waals surface area contributed by atoms with E-state index in [1.807, 2.05) is 10.3 Å². The zero-order chi connectivity index (χ0) is 15.0. The monoisotopic (exact) mass is 319 g/mol. The Labute approximate surface area is 136 Å². The van der Waals surface area contributed by atoms with Gasteiger partial charge in [0.15, 0.2) is 0 Å². The van der Waals surface area contributed by atoms with E-state index >= 15 is 0 Å². The van der Waals surface area contributed by atoms with Crippen LogP contribution in [-0.4, -0.2) is 52.4 Å². The smallest absolute Gasteiger partial charge is 0.273 e. The highest BCUT2D eigenvalue weighted by molar-refractivity contribution is 7.07. The number of carbonyl (C=O) groups excluding carboxylic acids is 1. The van der Waals surface area contributed by atoms with Crippen LogP contribution in [0.15, 0.2) is 10.9 Å². The Balaban J connectivity index is 1.44. The zero-order valence-corrected chi connectivity index (χ0v) is 14.0. The van der Waals surface area contributed by atoms with E-state index in [2.05, 4.69) is 9.88 Å². The third-order valence-electron chi connectivity index (χ3n) is 5.97. The van der Waals surface area contributed by atoms with E-state index in [4.69, 9.17) is 0 Å². The molecule has 1 amide bonds. The highest BCUT2D eigenvalue weighted by Crippen LogP contribution is 2.40. The Morgan fingerprint density at radius 3 is 2.91 bits per heavy atom. The lowest BCUT2D eigenvalue weighted by molar-refractivity contribution is 0.0729. The summed E-state index contributed by atoms with van der Waals surface area (Å²) in [6, 6.07) is 0. The second-order valence-electron chi connectivity index (χ2n) is 7.27. The number of hydrogen-bond acceptors (Lipinski definition) is 4. The van der Waals surface area contributed by atoms with Gasteiger partial charge in [-0.15, -0.1) is 11.3 Å². The molecule has 2 saturated heterocycles. The molecule has 1 aromatic rings. The first-order valence-corrected chi connectivity index (χ1v) is 9.64. The molecule has 22 heavy (non-hydrogen) atoms. The molecule has 1 saturated carbocycles. The minimum atomic E-state index is 0.130. The van der Waals surface area contributed by atoms with E-state index < -0.39 is 0 Å². The van der Waals surface area contributed by atoms with E-state index in [1.54, 1.807) is 5.51 Å².